The SMILES string of the molecule is C#CC1CC2CC(C)(NCC(=O)N3C[C@@H](F)C[C@H]3C#N)C[C@H]2C1. The quantitative estimate of drug-likeness (QED) is 0.809. The fourth-order valence-corrected chi connectivity index (χ4v) is 4.81. The summed E-state index contributed by atoms with van der Waals surface area (Å²) in [5.74, 6) is 4.42. The lowest BCUT2D eigenvalue weighted by Crippen LogP contribution is -2.48. The van der Waals surface area contributed by atoms with E-state index in [4.69, 9.17) is 11.7 Å². The molecule has 0 aromatic heterocycles. The number of likely N-dealkylation sites (tertiary alicyclic amines) is 1. The maximum Gasteiger partial charge on any atom is 0.237 e. The van der Waals surface area contributed by atoms with Crippen LogP contribution in [-0.2, 0) is 4.79 Å². The minimum Gasteiger partial charge on any atom is -0.323 e. The fourth-order valence-electron chi connectivity index (χ4n) is 4.81. The van der Waals surface area contributed by atoms with E-state index in [1.807, 2.05) is 6.07 Å². The topological polar surface area (TPSA) is 56.1 Å². The average molecular weight is 317 g/mol. The van der Waals surface area contributed by atoms with Gasteiger partial charge in [0.15, 0.2) is 0 Å². The van der Waals surface area contributed by atoms with E-state index in [1.165, 1.54) is 4.90 Å². The van der Waals surface area contributed by atoms with Crippen LogP contribution < -0.4 is 5.32 Å². The number of hydrogen-bond acceptors (Lipinski definition) is 3. The summed E-state index contributed by atoms with van der Waals surface area (Å²) < 4.78 is 13.4. The Hall–Kier alpha value is -1.59. The number of carbonyl (C=O) groups excluding carboxylic acids is 1. The Morgan fingerprint density at radius 3 is 2.61 bits per heavy atom. The fraction of sp³-hybridized carbons (Fsp3) is 0.778. The smallest absolute Gasteiger partial charge is 0.237 e. The second kappa shape index (κ2) is 6.13. The summed E-state index contributed by atoms with van der Waals surface area (Å²) in [4.78, 5) is 13.7. The van der Waals surface area contributed by atoms with Gasteiger partial charge in [-0.2, -0.15) is 5.26 Å². The predicted octanol–water partition coefficient (Wildman–Crippen LogP) is 1.87. The van der Waals surface area contributed by atoms with E-state index < -0.39 is 12.2 Å². The van der Waals surface area contributed by atoms with Crippen molar-refractivity contribution in [2.75, 3.05) is 13.1 Å². The van der Waals surface area contributed by atoms with E-state index in [0.29, 0.717) is 17.8 Å². The van der Waals surface area contributed by atoms with Gasteiger partial charge in [-0.3, -0.25) is 4.79 Å². The third-order valence-corrected chi connectivity index (χ3v) is 5.89. The lowest BCUT2D eigenvalue weighted by Gasteiger charge is -2.29. The van der Waals surface area contributed by atoms with Gasteiger partial charge in [-0.25, -0.2) is 4.39 Å². The molecule has 0 radical (unpaired) electrons. The van der Waals surface area contributed by atoms with Crippen LogP contribution in [0.5, 0.6) is 0 Å². The number of amides is 1. The van der Waals surface area contributed by atoms with Gasteiger partial charge in [0, 0.05) is 17.9 Å². The maximum absolute atomic E-state index is 13.4. The molecule has 4 nitrogen and oxygen atoms in total. The minimum atomic E-state index is -1.08. The number of rotatable bonds is 3. The summed E-state index contributed by atoms with van der Waals surface area (Å²) in [5.41, 5.74) is -0.0540. The van der Waals surface area contributed by atoms with Crippen LogP contribution >= 0.6 is 0 Å². The van der Waals surface area contributed by atoms with Gasteiger partial charge < -0.3 is 10.2 Å². The van der Waals surface area contributed by atoms with E-state index in [1.54, 1.807) is 0 Å². The molecule has 3 fully saturated rings. The molecule has 6 atom stereocenters. The molecule has 1 aliphatic heterocycles. The van der Waals surface area contributed by atoms with Gasteiger partial charge >= 0.3 is 0 Å². The van der Waals surface area contributed by atoms with Crippen LogP contribution in [0.25, 0.3) is 0 Å². The lowest BCUT2D eigenvalue weighted by atomic mass is 9.93. The number of carbonyl (C=O) groups is 1. The number of fused-ring (bicyclic) bond motifs is 1. The lowest BCUT2D eigenvalue weighted by molar-refractivity contribution is -0.130. The summed E-state index contributed by atoms with van der Waals surface area (Å²) in [5, 5.41) is 12.4. The van der Waals surface area contributed by atoms with E-state index in [-0.39, 0.29) is 31.0 Å². The summed E-state index contributed by atoms with van der Waals surface area (Å²) in [6, 6.07) is 1.41. The molecule has 5 heteroatoms. The van der Waals surface area contributed by atoms with Gasteiger partial charge in [-0.15, -0.1) is 12.3 Å². The van der Waals surface area contributed by atoms with Crippen LogP contribution in [0.3, 0.4) is 0 Å². The van der Waals surface area contributed by atoms with Crippen molar-refractivity contribution in [3.63, 3.8) is 0 Å². The number of terminal acetylenes is 1. The second-order valence-corrected chi connectivity index (χ2v) is 7.70. The molecule has 1 N–H and O–H groups in total. The second-order valence-electron chi connectivity index (χ2n) is 7.70. The van der Waals surface area contributed by atoms with Crippen molar-refractivity contribution < 1.29 is 9.18 Å². The number of nitriles is 1. The molecule has 1 saturated heterocycles. The molecule has 0 spiro atoms. The van der Waals surface area contributed by atoms with Crippen LogP contribution in [0.4, 0.5) is 4.39 Å². The first-order valence-electron chi connectivity index (χ1n) is 8.48. The van der Waals surface area contributed by atoms with E-state index >= 15 is 0 Å². The summed E-state index contributed by atoms with van der Waals surface area (Å²) >= 11 is 0. The standard InChI is InChI=1S/C18H24FN3O/c1-3-12-4-13-7-18(2,8-14(13)5-12)21-10-17(23)22-11-15(19)6-16(22)9-20/h1,12-16,21H,4-8,10-11H2,2H3/t12?,13-,14?,15+,16+,18?/m1/s1. The van der Waals surface area contributed by atoms with Crippen LogP contribution in [0, 0.1) is 41.4 Å². The highest BCUT2D eigenvalue weighted by atomic mass is 19.1. The molecule has 1 heterocycles. The minimum absolute atomic E-state index is 0.0462. The van der Waals surface area contributed by atoms with Crippen LogP contribution in [0.2, 0.25) is 0 Å². The first-order valence-corrected chi connectivity index (χ1v) is 8.48. The highest BCUT2D eigenvalue weighted by Gasteiger charge is 2.47. The van der Waals surface area contributed by atoms with Crippen LogP contribution in [0.1, 0.15) is 39.0 Å². The maximum atomic E-state index is 13.4. The Morgan fingerprint density at radius 1 is 1.39 bits per heavy atom. The zero-order chi connectivity index (χ0) is 16.6. The Labute approximate surface area is 137 Å². The van der Waals surface area contributed by atoms with Gasteiger partial charge in [0.25, 0.3) is 0 Å². The highest BCUT2D eigenvalue weighted by Crippen LogP contribution is 2.50. The van der Waals surface area contributed by atoms with Crippen molar-refractivity contribution >= 4 is 5.91 Å². The van der Waals surface area contributed by atoms with Gasteiger partial charge in [-0.05, 0) is 44.4 Å². The number of halogens is 1. The molecule has 0 aromatic carbocycles. The van der Waals surface area contributed by atoms with Gasteiger partial charge in [0.1, 0.15) is 12.2 Å². The Morgan fingerprint density at radius 2 is 2.04 bits per heavy atom. The molecule has 3 aliphatic rings. The number of nitrogens with zero attached hydrogens (tertiary/aromatic N) is 2. The van der Waals surface area contributed by atoms with Crippen molar-refractivity contribution in [2.45, 2.75) is 56.8 Å². The number of alkyl halides is 1. The summed E-state index contributed by atoms with van der Waals surface area (Å²) in [7, 11) is 0. The largest absolute Gasteiger partial charge is 0.323 e. The molecule has 2 aliphatic carbocycles. The molecule has 0 aromatic rings. The zero-order valence-electron chi connectivity index (χ0n) is 13.6. The molecular formula is C18H24FN3O. The Bertz CT molecular complexity index is 550. The summed E-state index contributed by atoms with van der Waals surface area (Å²) in [6.07, 6.45) is 8.86. The van der Waals surface area contributed by atoms with E-state index in [2.05, 4.69) is 18.2 Å². The first-order chi connectivity index (χ1) is 10.9. The zero-order valence-corrected chi connectivity index (χ0v) is 13.6. The Balaban J connectivity index is 1.52. The molecule has 1 amide bonds. The molecule has 3 rings (SSSR count). The van der Waals surface area contributed by atoms with Crippen molar-refractivity contribution in [1.29, 1.82) is 5.26 Å². The number of nitrogens with one attached hydrogen (secondary N) is 1. The highest BCUT2D eigenvalue weighted by molar-refractivity contribution is 5.79. The molecule has 124 valence electrons. The van der Waals surface area contributed by atoms with Crippen molar-refractivity contribution in [1.82, 2.24) is 10.2 Å². The normalized spacial score (nSPS) is 42.3. The number of hydrogen-bond donors (Lipinski definition) is 1. The molecule has 3 unspecified atom stereocenters. The predicted molar refractivity (Wildman–Crippen MR) is 84.8 cm³/mol. The molecule has 2 saturated carbocycles. The van der Waals surface area contributed by atoms with Gasteiger partial charge in [0.05, 0.1) is 19.2 Å². The monoisotopic (exact) mass is 317 g/mol. The molecule has 0 bridgehead atoms. The van der Waals surface area contributed by atoms with Crippen LogP contribution in [-0.4, -0.2) is 41.6 Å². The first kappa shape index (κ1) is 16.3. The van der Waals surface area contributed by atoms with Crippen molar-refractivity contribution in [3.8, 4) is 18.4 Å². The van der Waals surface area contributed by atoms with Gasteiger partial charge in [-0.1, -0.05) is 0 Å². The third kappa shape index (κ3) is 3.21. The Kier molecular flexibility index (Phi) is 4.34. The van der Waals surface area contributed by atoms with E-state index in [9.17, 15) is 9.18 Å². The molecular weight excluding hydrogens is 293 g/mol. The van der Waals surface area contributed by atoms with Crippen LogP contribution in [0.15, 0.2) is 0 Å². The third-order valence-electron chi connectivity index (χ3n) is 5.89. The van der Waals surface area contributed by atoms with Crippen molar-refractivity contribution in [2.24, 2.45) is 17.8 Å². The average Bonchev–Trinajstić information content (AvgIpc) is 3.15. The van der Waals surface area contributed by atoms with E-state index in [0.717, 1.165) is 25.7 Å². The molecule has 23 heavy (non-hydrogen) atoms. The summed E-state index contributed by atoms with van der Waals surface area (Å²) in [6.45, 7) is 2.39. The van der Waals surface area contributed by atoms with Gasteiger partial charge in [0.2, 0.25) is 5.91 Å². The van der Waals surface area contributed by atoms with Crippen molar-refractivity contribution in [3.05, 3.63) is 0 Å².